The van der Waals surface area contributed by atoms with Gasteiger partial charge in [0.1, 0.15) is 6.54 Å². The fraction of sp³-hybridized carbons (Fsp3) is 0.412. The minimum atomic E-state index is -4.61. The average Bonchev–Trinajstić information content (AvgIpc) is 3.02. The summed E-state index contributed by atoms with van der Waals surface area (Å²) >= 11 is 0. The number of nitrogens with one attached hydrogen (secondary N) is 2. The summed E-state index contributed by atoms with van der Waals surface area (Å²) in [6.45, 7) is -1.45. The summed E-state index contributed by atoms with van der Waals surface area (Å²) in [7, 11) is 0. The van der Waals surface area contributed by atoms with Crippen molar-refractivity contribution < 1.29 is 37.1 Å². The molecule has 0 bridgehead atoms. The Labute approximate surface area is 158 Å². The van der Waals surface area contributed by atoms with Crippen molar-refractivity contribution in [3.63, 3.8) is 0 Å². The molecule has 0 aliphatic carbocycles. The molecule has 1 heterocycles. The number of alkyl halides is 3. The molecule has 1 saturated heterocycles. The number of benzene rings is 1. The lowest BCUT2D eigenvalue weighted by molar-refractivity contribution is -0.128. The lowest BCUT2D eigenvalue weighted by Gasteiger charge is -2.15. The van der Waals surface area contributed by atoms with Gasteiger partial charge in [-0.25, -0.2) is 9.59 Å². The maximum Gasteiger partial charge on any atom is 0.405 e. The van der Waals surface area contributed by atoms with E-state index in [4.69, 9.17) is 4.74 Å². The molecule has 0 unspecified atom stereocenters. The highest BCUT2D eigenvalue weighted by atomic mass is 19.4. The number of ether oxygens (including phenoxy) is 1. The zero-order valence-corrected chi connectivity index (χ0v) is 14.7. The Morgan fingerprint density at radius 3 is 2.61 bits per heavy atom. The van der Waals surface area contributed by atoms with Gasteiger partial charge in [-0.3, -0.25) is 14.9 Å². The number of imide groups is 1. The number of hydrogen-bond donors (Lipinski definition) is 2. The van der Waals surface area contributed by atoms with Crippen molar-refractivity contribution in [1.29, 1.82) is 0 Å². The van der Waals surface area contributed by atoms with Crippen LogP contribution in [0.2, 0.25) is 0 Å². The summed E-state index contributed by atoms with van der Waals surface area (Å²) < 4.78 is 40.6. The van der Waals surface area contributed by atoms with Gasteiger partial charge < -0.3 is 15.0 Å². The molecule has 152 valence electrons. The molecular weight excluding hydrogens is 383 g/mol. The fourth-order valence-electron chi connectivity index (χ4n) is 2.49. The number of carbonyl (C=O) groups excluding carboxylic acids is 4. The van der Waals surface area contributed by atoms with Gasteiger partial charge in [-0.1, -0.05) is 12.1 Å². The van der Waals surface area contributed by atoms with Crippen molar-refractivity contribution in [1.82, 2.24) is 15.5 Å². The van der Waals surface area contributed by atoms with E-state index >= 15 is 0 Å². The lowest BCUT2D eigenvalue weighted by Crippen LogP contribution is -2.44. The van der Waals surface area contributed by atoms with E-state index in [1.54, 1.807) is 22.3 Å². The number of nitrogens with zero attached hydrogens (tertiary/aromatic N) is 1. The molecular formula is C17H18F3N3O5. The molecule has 1 aliphatic heterocycles. The Bertz CT molecular complexity index is 767. The van der Waals surface area contributed by atoms with E-state index in [0.29, 0.717) is 25.1 Å². The van der Waals surface area contributed by atoms with E-state index in [9.17, 15) is 32.3 Å². The zero-order chi connectivity index (χ0) is 20.7. The van der Waals surface area contributed by atoms with Crippen molar-refractivity contribution >= 4 is 23.8 Å². The van der Waals surface area contributed by atoms with Crippen LogP contribution in [0, 0.1) is 0 Å². The maximum atomic E-state index is 12.0. The third-order valence-electron chi connectivity index (χ3n) is 3.74. The topological polar surface area (TPSA) is 105 Å². The number of halogens is 3. The van der Waals surface area contributed by atoms with Crippen molar-refractivity contribution in [3.8, 4) is 0 Å². The summed E-state index contributed by atoms with van der Waals surface area (Å²) in [5, 5.41) is 3.06. The molecule has 4 amide bonds. The van der Waals surface area contributed by atoms with Gasteiger partial charge in [0.25, 0.3) is 5.91 Å². The van der Waals surface area contributed by atoms with Crippen molar-refractivity contribution in [2.45, 2.75) is 25.6 Å². The molecule has 0 atom stereocenters. The smallest absolute Gasteiger partial charge is 0.405 e. The van der Waals surface area contributed by atoms with Gasteiger partial charge in [0.15, 0.2) is 6.61 Å². The van der Waals surface area contributed by atoms with Crippen LogP contribution in [0.4, 0.5) is 18.0 Å². The highest BCUT2D eigenvalue weighted by Gasteiger charge is 2.28. The number of amides is 4. The Kier molecular flexibility index (Phi) is 6.96. The van der Waals surface area contributed by atoms with Crippen LogP contribution in [0.1, 0.15) is 28.8 Å². The van der Waals surface area contributed by atoms with Crippen LogP contribution < -0.4 is 10.6 Å². The molecule has 1 fully saturated rings. The van der Waals surface area contributed by atoms with E-state index < -0.39 is 37.2 Å². The molecule has 11 heteroatoms. The summed E-state index contributed by atoms with van der Waals surface area (Å²) in [6.07, 6.45) is -3.34. The maximum absolute atomic E-state index is 12.0. The van der Waals surface area contributed by atoms with Gasteiger partial charge in [0.2, 0.25) is 5.91 Å². The molecule has 0 saturated carbocycles. The van der Waals surface area contributed by atoms with Gasteiger partial charge in [0.05, 0.1) is 5.56 Å². The zero-order valence-electron chi connectivity index (χ0n) is 14.7. The SMILES string of the molecule is O=C(COC(=O)c1cccc(CN2CCCC2=O)c1)NC(=O)NCC(F)(F)F. The molecule has 0 aromatic heterocycles. The van der Waals surface area contributed by atoms with E-state index in [1.165, 1.54) is 17.4 Å². The molecule has 2 rings (SSSR count). The largest absolute Gasteiger partial charge is 0.452 e. The first-order valence-electron chi connectivity index (χ1n) is 8.32. The second-order valence-corrected chi connectivity index (χ2v) is 6.04. The van der Waals surface area contributed by atoms with Gasteiger partial charge in [-0.05, 0) is 24.1 Å². The Morgan fingerprint density at radius 2 is 1.96 bits per heavy atom. The van der Waals surface area contributed by atoms with Crippen LogP contribution in [-0.4, -0.2) is 54.6 Å². The second kappa shape index (κ2) is 9.20. The quantitative estimate of drug-likeness (QED) is 0.701. The molecule has 2 N–H and O–H groups in total. The third kappa shape index (κ3) is 6.89. The normalized spacial score (nSPS) is 14.0. The molecule has 1 aliphatic rings. The first-order chi connectivity index (χ1) is 13.1. The van der Waals surface area contributed by atoms with Crippen LogP contribution >= 0.6 is 0 Å². The lowest BCUT2D eigenvalue weighted by atomic mass is 10.1. The highest BCUT2D eigenvalue weighted by Crippen LogP contribution is 2.15. The highest BCUT2D eigenvalue weighted by molar-refractivity contribution is 5.97. The van der Waals surface area contributed by atoms with E-state index in [0.717, 1.165) is 6.42 Å². The minimum absolute atomic E-state index is 0.0356. The van der Waals surface area contributed by atoms with E-state index in [2.05, 4.69) is 0 Å². The predicted octanol–water partition coefficient (Wildman–Crippen LogP) is 1.35. The summed E-state index contributed by atoms with van der Waals surface area (Å²) in [5.41, 5.74) is 0.846. The molecule has 0 radical (unpaired) electrons. The van der Waals surface area contributed by atoms with Crippen LogP contribution in [0.3, 0.4) is 0 Å². The van der Waals surface area contributed by atoms with Crippen LogP contribution in [0.5, 0.6) is 0 Å². The summed E-state index contributed by atoms with van der Waals surface area (Å²) in [4.78, 5) is 47.9. The van der Waals surface area contributed by atoms with E-state index in [1.807, 2.05) is 0 Å². The van der Waals surface area contributed by atoms with Crippen molar-refractivity contribution in [3.05, 3.63) is 35.4 Å². The molecule has 8 nitrogen and oxygen atoms in total. The first kappa shape index (κ1) is 21.2. The van der Waals surface area contributed by atoms with Crippen LogP contribution in [-0.2, 0) is 20.9 Å². The predicted molar refractivity (Wildman–Crippen MR) is 89.0 cm³/mol. The number of urea groups is 1. The molecule has 28 heavy (non-hydrogen) atoms. The molecule has 1 aromatic carbocycles. The van der Waals surface area contributed by atoms with Gasteiger partial charge in [-0.2, -0.15) is 13.2 Å². The minimum Gasteiger partial charge on any atom is -0.452 e. The molecule has 0 spiro atoms. The van der Waals surface area contributed by atoms with Gasteiger partial charge in [0, 0.05) is 19.5 Å². The molecule has 1 aromatic rings. The standard InChI is InChI=1S/C17H18F3N3O5/c18-17(19,20)10-21-16(27)22-13(24)9-28-15(26)12-4-1-3-11(7-12)8-23-6-2-5-14(23)25/h1,3-4,7H,2,5-6,8-10H2,(H2,21,22,24,27). The number of rotatable bonds is 6. The number of likely N-dealkylation sites (tertiary alicyclic amines) is 1. The Balaban J connectivity index is 1.81. The van der Waals surface area contributed by atoms with Gasteiger partial charge >= 0.3 is 18.2 Å². The van der Waals surface area contributed by atoms with Crippen molar-refractivity contribution in [2.75, 3.05) is 19.7 Å². The fourth-order valence-corrected chi connectivity index (χ4v) is 2.49. The van der Waals surface area contributed by atoms with Gasteiger partial charge in [-0.15, -0.1) is 0 Å². The Morgan fingerprint density at radius 1 is 1.21 bits per heavy atom. The Hall–Kier alpha value is -3.11. The first-order valence-corrected chi connectivity index (χ1v) is 8.32. The average molecular weight is 401 g/mol. The monoisotopic (exact) mass is 401 g/mol. The third-order valence-corrected chi connectivity index (χ3v) is 3.74. The van der Waals surface area contributed by atoms with Crippen molar-refractivity contribution in [2.24, 2.45) is 0 Å². The second-order valence-electron chi connectivity index (χ2n) is 6.04. The number of carbonyl (C=O) groups is 4. The number of hydrogen-bond acceptors (Lipinski definition) is 5. The number of esters is 1. The summed E-state index contributed by atoms with van der Waals surface area (Å²) in [6, 6.07) is 4.95. The van der Waals surface area contributed by atoms with Crippen LogP contribution in [0.25, 0.3) is 0 Å². The summed E-state index contributed by atoms with van der Waals surface area (Å²) in [5.74, 6) is -1.89. The van der Waals surface area contributed by atoms with Crippen LogP contribution in [0.15, 0.2) is 24.3 Å². The van der Waals surface area contributed by atoms with E-state index in [-0.39, 0.29) is 11.5 Å².